The van der Waals surface area contributed by atoms with Crippen LogP contribution in [0.5, 0.6) is 0 Å². The molecule has 5 heteroatoms. The Balaban J connectivity index is 1.01. The summed E-state index contributed by atoms with van der Waals surface area (Å²) in [6.07, 6.45) is 15.3. The van der Waals surface area contributed by atoms with Crippen molar-refractivity contribution in [3.63, 3.8) is 0 Å². The fourth-order valence-electron chi connectivity index (χ4n) is 20.1. The minimum absolute atomic E-state index is 0.0111. The van der Waals surface area contributed by atoms with Crippen LogP contribution < -0.4 is 36.0 Å². The summed E-state index contributed by atoms with van der Waals surface area (Å²) in [4.78, 5) is 11.3. The van der Waals surface area contributed by atoms with Gasteiger partial charge in [0.15, 0.2) is 0 Å². The first-order chi connectivity index (χ1) is 41.1. The van der Waals surface area contributed by atoms with Gasteiger partial charge in [-0.25, -0.2) is 0 Å². The van der Waals surface area contributed by atoms with Gasteiger partial charge in [0, 0.05) is 68.4 Å². The van der Waals surface area contributed by atoms with E-state index in [9.17, 15) is 0 Å². The number of anilines is 10. The molecule has 4 nitrogen and oxygen atoms in total. The Labute approximate surface area is 514 Å². The van der Waals surface area contributed by atoms with E-state index in [1.807, 2.05) is 0 Å². The second-order valence-electron chi connectivity index (χ2n) is 31.9. The van der Waals surface area contributed by atoms with Crippen molar-refractivity contribution in [1.29, 1.82) is 0 Å². The van der Waals surface area contributed by atoms with Gasteiger partial charge >= 0.3 is 0 Å². The van der Waals surface area contributed by atoms with Crippen molar-refractivity contribution in [1.82, 2.24) is 0 Å². The van der Waals surface area contributed by atoms with Gasteiger partial charge in [-0.15, -0.1) is 0 Å². The first-order valence-electron chi connectivity index (χ1n) is 33.3. The van der Waals surface area contributed by atoms with Gasteiger partial charge in [-0.3, -0.25) is 0 Å². The maximum atomic E-state index is 2.87. The average molecular weight is 1130 g/mol. The van der Waals surface area contributed by atoms with Crippen LogP contribution in [-0.2, 0) is 38.9 Å². The van der Waals surface area contributed by atoms with Gasteiger partial charge in [0.2, 0.25) is 0 Å². The summed E-state index contributed by atoms with van der Waals surface area (Å²) >= 11 is 0. The van der Waals surface area contributed by atoms with Gasteiger partial charge in [-0.1, -0.05) is 186 Å². The lowest BCUT2D eigenvalue weighted by atomic mass is 9.33. The van der Waals surface area contributed by atoms with Crippen LogP contribution in [0.15, 0.2) is 152 Å². The van der Waals surface area contributed by atoms with E-state index < -0.39 is 0 Å². The highest BCUT2D eigenvalue weighted by molar-refractivity contribution is 7.00. The lowest BCUT2D eigenvalue weighted by Gasteiger charge is -2.52. The van der Waals surface area contributed by atoms with Crippen molar-refractivity contribution < 1.29 is 0 Å². The molecular weight excluding hydrogens is 1040 g/mol. The molecule has 9 aliphatic rings. The molecule has 17 rings (SSSR count). The highest BCUT2D eigenvalue weighted by atomic mass is 15.3. The average Bonchev–Trinajstić information content (AvgIpc) is 1.45. The van der Waals surface area contributed by atoms with Crippen LogP contribution in [0.1, 0.15) is 205 Å². The molecule has 0 radical (unpaired) electrons. The first kappa shape index (κ1) is 53.3. The summed E-state index contributed by atoms with van der Waals surface area (Å²) in [5.74, 6) is 0. The minimum atomic E-state index is -0.145. The molecule has 2 fully saturated rings. The molecule has 0 N–H and O–H groups in total. The van der Waals surface area contributed by atoms with E-state index in [0.29, 0.717) is 0 Å². The third-order valence-corrected chi connectivity index (χ3v) is 25.7. The van der Waals surface area contributed by atoms with E-state index in [2.05, 4.69) is 254 Å². The van der Waals surface area contributed by atoms with Crippen LogP contribution in [0.25, 0.3) is 11.1 Å². The predicted octanol–water partition coefficient (Wildman–Crippen LogP) is 19.5. The van der Waals surface area contributed by atoms with Crippen molar-refractivity contribution >= 4 is 80.0 Å². The maximum absolute atomic E-state index is 2.87. The molecular formula is C81H87BN4. The molecule has 5 aliphatic carbocycles. The Hall–Kier alpha value is -6.98. The van der Waals surface area contributed by atoms with Crippen LogP contribution in [0.2, 0.25) is 0 Å². The van der Waals surface area contributed by atoms with E-state index in [1.165, 1.54) is 187 Å². The molecule has 8 aromatic carbocycles. The van der Waals surface area contributed by atoms with Crippen molar-refractivity contribution in [3.05, 3.63) is 196 Å². The molecule has 0 spiro atoms. The predicted molar refractivity (Wildman–Crippen MR) is 365 cm³/mol. The summed E-state index contributed by atoms with van der Waals surface area (Å²) < 4.78 is 0. The van der Waals surface area contributed by atoms with Crippen molar-refractivity contribution in [2.45, 2.75) is 210 Å². The van der Waals surface area contributed by atoms with Gasteiger partial charge < -0.3 is 19.6 Å². The van der Waals surface area contributed by atoms with E-state index in [1.54, 1.807) is 0 Å². The zero-order valence-corrected chi connectivity index (χ0v) is 53.5. The zero-order valence-electron chi connectivity index (χ0n) is 53.5. The van der Waals surface area contributed by atoms with Gasteiger partial charge in [0.25, 0.3) is 6.71 Å². The fraction of sp³-hybridized carbons (Fsp3) is 0.407. The number of nitrogens with zero attached hydrogens (tertiary/aromatic N) is 4. The molecule has 434 valence electrons. The lowest BCUT2D eigenvalue weighted by Crippen LogP contribution is -2.62. The minimum Gasteiger partial charge on any atom is -0.334 e. The van der Waals surface area contributed by atoms with Crippen molar-refractivity contribution in [2.24, 2.45) is 0 Å². The van der Waals surface area contributed by atoms with Gasteiger partial charge in [0.05, 0.1) is 16.8 Å². The van der Waals surface area contributed by atoms with E-state index >= 15 is 0 Å². The molecule has 0 bridgehead atoms. The smallest absolute Gasteiger partial charge is 0.252 e. The Bertz CT molecular complexity index is 4250. The Morgan fingerprint density at radius 2 is 0.814 bits per heavy atom. The number of para-hydroxylation sites is 2. The van der Waals surface area contributed by atoms with Crippen LogP contribution in [0, 0.1) is 0 Å². The normalized spacial score (nSPS) is 26.7. The van der Waals surface area contributed by atoms with E-state index in [4.69, 9.17) is 0 Å². The zero-order chi connectivity index (χ0) is 59.0. The standard InChI is InChI=1S/C81H87BN4/c1-74(2)40-41-75(3,4)61-45-52(32-34-58(61)74)83-70-50-63-62(76(5,6)42-43-77(63,7)8)49-65(70)82-64-35-33-53(85-67-29-17-15-27-59(67)78(9)36-19-21-38-80(78,85)11)46-69(64)84(66-31-23-26-56-55-25-14-13-24-51(55)44-57(56)66)72-48-54(47-71(83)73(72)82)86-68-30-18-16-28-60(68)79(10)37-20-22-39-81(79,86)12/h13-18,23-35,45-50H,19-22,36-44H2,1-12H3. The first-order valence-corrected chi connectivity index (χ1v) is 33.3. The topological polar surface area (TPSA) is 13.0 Å². The molecule has 8 aromatic rings. The third-order valence-electron chi connectivity index (χ3n) is 25.7. The molecule has 4 aliphatic heterocycles. The largest absolute Gasteiger partial charge is 0.334 e. The van der Waals surface area contributed by atoms with Crippen LogP contribution in [0.4, 0.5) is 56.9 Å². The molecule has 4 heterocycles. The SMILES string of the molecule is CC1(C)CCC(C)(C)c2cc(N3c4cc5c(cc4B4c6ccc(N7c8ccccc8C8(C)CCCCC78C)cc6N(c6cccc7c6Cc6ccccc6-7)c6cc(N7c8ccccc8C8(C)CCCCC78C)cc3c64)C(C)(C)CCC5(C)C)ccc21. The lowest BCUT2D eigenvalue weighted by molar-refractivity contribution is 0.195. The quantitative estimate of drug-likeness (QED) is 0.163. The highest BCUT2D eigenvalue weighted by Gasteiger charge is 2.60. The number of benzene rings is 8. The number of rotatable bonds is 4. The van der Waals surface area contributed by atoms with Crippen LogP contribution in [-0.4, -0.2) is 17.8 Å². The second kappa shape index (κ2) is 17.4. The van der Waals surface area contributed by atoms with Crippen LogP contribution in [0.3, 0.4) is 0 Å². The second-order valence-corrected chi connectivity index (χ2v) is 31.9. The van der Waals surface area contributed by atoms with Crippen molar-refractivity contribution in [2.75, 3.05) is 19.6 Å². The van der Waals surface area contributed by atoms with Gasteiger partial charge in [-0.05, 0) is 220 Å². The molecule has 0 amide bonds. The summed E-state index contributed by atoms with van der Waals surface area (Å²) in [5.41, 5.74) is 32.0. The molecule has 2 saturated carbocycles. The maximum Gasteiger partial charge on any atom is 0.252 e. The Kier molecular flexibility index (Phi) is 10.8. The molecule has 4 atom stereocenters. The summed E-state index contributed by atoms with van der Waals surface area (Å²) in [6.45, 7) is 30.5. The van der Waals surface area contributed by atoms with E-state index in [0.717, 1.165) is 25.7 Å². The van der Waals surface area contributed by atoms with E-state index in [-0.39, 0.29) is 50.3 Å². The summed E-state index contributed by atoms with van der Waals surface area (Å²) in [5, 5.41) is 0. The molecule has 86 heavy (non-hydrogen) atoms. The fourth-order valence-corrected chi connectivity index (χ4v) is 20.1. The monoisotopic (exact) mass is 1130 g/mol. The molecule has 0 aromatic heterocycles. The third kappa shape index (κ3) is 6.79. The van der Waals surface area contributed by atoms with Gasteiger partial charge in [-0.2, -0.15) is 0 Å². The Morgan fingerprint density at radius 1 is 0.326 bits per heavy atom. The summed E-state index contributed by atoms with van der Waals surface area (Å²) in [6, 6.07) is 62.0. The number of hydrogen-bond donors (Lipinski definition) is 0. The molecule has 0 saturated heterocycles. The highest BCUT2D eigenvalue weighted by Crippen LogP contribution is 2.64. The summed E-state index contributed by atoms with van der Waals surface area (Å²) in [7, 11) is 0. The van der Waals surface area contributed by atoms with Crippen LogP contribution >= 0.6 is 0 Å². The number of fused-ring (bicyclic) bond motifs is 15. The Morgan fingerprint density at radius 3 is 1.47 bits per heavy atom. The van der Waals surface area contributed by atoms with Gasteiger partial charge in [0.1, 0.15) is 0 Å². The number of hydrogen-bond acceptors (Lipinski definition) is 4. The molecule has 4 unspecified atom stereocenters. The van der Waals surface area contributed by atoms with Crippen molar-refractivity contribution in [3.8, 4) is 11.1 Å².